The van der Waals surface area contributed by atoms with Crippen LogP contribution in [-0.4, -0.2) is 26.4 Å². The first-order chi connectivity index (χ1) is 11.3. The zero-order valence-corrected chi connectivity index (χ0v) is 13.7. The number of benzene rings is 2. The van der Waals surface area contributed by atoms with E-state index in [1.54, 1.807) is 0 Å². The average molecular weight is 350 g/mol. The minimum atomic E-state index is -4.08. The molecule has 0 saturated heterocycles. The van der Waals surface area contributed by atoms with Crippen LogP contribution in [0.2, 0.25) is 0 Å². The molecule has 0 aromatic heterocycles. The molecule has 2 aromatic rings. The molecule has 0 radical (unpaired) electrons. The molecule has 0 atom stereocenters. The van der Waals surface area contributed by atoms with Gasteiger partial charge in [0.2, 0.25) is 15.7 Å². The number of amides is 1. The molecule has 0 spiro atoms. The Balaban J connectivity index is 2.61. The van der Waals surface area contributed by atoms with Crippen LogP contribution in [0.15, 0.2) is 52.3 Å². The van der Waals surface area contributed by atoms with E-state index in [-0.39, 0.29) is 32.8 Å². The number of sulfone groups is 1. The Morgan fingerprint density at radius 3 is 2.50 bits per heavy atom. The molecule has 0 heterocycles. The van der Waals surface area contributed by atoms with Gasteiger partial charge in [-0.3, -0.25) is 14.9 Å². The van der Waals surface area contributed by atoms with Crippen LogP contribution in [0, 0.1) is 10.1 Å². The summed E-state index contributed by atoms with van der Waals surface area (Å²) in [6.07, 6.45) is 0. The second-order valence-corrected chi connectivity index (χ2v) is 6.72. The zero-order valence-electron chi connectivity index (χ0n) is 12.8. The highest BCUT2D eigenvalue weighted by atomic mass is 32.2. The maximum Gasteiger partial charge on any atom is 0.270 e. The number of carbonyl (C=O) groups is 1. The Morgan fingerprint density at radius 2 is 1.92 bits per heavy atom. The Kier molecular flexibility index (Phi) is 4.84. The van der Waals surface area contributed by atoms with Crippen LogP contribution in [-0.2, 0) is 14.6 Å². The molecule has 0 saturated carbocycles. The number of ether oxygens (including phenoxy) is 1. The number of hydrogen-bond donors (Lipinski definition) is 1. The van der Waals surface area contributed by atoms with Gasteiger partial charge in [-0.05, 0) is 24.3 Å². The largest absolute Gasteiger partial charge is 0.495 e. The van der Waals surface area contributed by atoms with Crippen molar-refractivity contribution in [1.29, 1.82) is 0 Å². The molecule has 0 bridgehead atoms. The third-order valence-corrected chi connectivity index (χ3v) is 4.88. The average Bonchev–Trinajstić information content (AvgIpc) is 2.54. The second kappa shape index (κ2) is 6.67. The number of carbonyl (C=O) groups excluding carboxylic acids is 1. The molecule has 2 aromatic carbocycles. The summed E-state index contributed by atoms with van der Waals surface area (Å²) in [6.45, 7) is 1.29. The van der Waals surface area contributed by atoms with E-state index in [2.05, 4.69) is 5.32 Å². The third-order valence-electron chi connectivity index (χ3n) is 3.11. The van der Waals surface area contributed by atoms with Crippen molar-refractivity contribution in [2.24, 2.45) is 0 Å². The number of nitrogens with one attached hydrogen (secondary N) is 1. The highest BCUT2D eigenvalue weighted by Crippen LogP contribution is 2.33. The van der Waals surface area contributed by atoms with Gasteiger partial charge in [0.05, 0.1) is 16.9 Å². The summed E-state index contributed by atoms with van der Waals surface area (Å²) >= 11 is 0. The van der Waals surface area contributed by atoms with E-state index in [0.29, 0.717) is 0 Å². The summed E-state index contributed by atoms with van der Waals surface area (Å²) in [5.41, 5.74) is -0.0691. The topological polar surface area (TPSA) is 116 Å². The summed E-state index contributed by atoms with van der Waals surface area (Å²) in [4.78, 5) is 20.9. The lowest BCUT2D eigenvalue weighted by Gasteiger charge is -2.12. The van der Waals surface area contributed by atoms with E-state index >= 15 is 0 Å². The van der Waals surface area contributed by atoms with Crippen molar-refractivity contribution in [1.82, 2.24) is 0 Å². The fourth-order valence-corrected chi connectivity index (χ4v) is 3.54. The van der Waals surface area contributed by atoms with Gasteiger partial charge < -0.3 is 10.1 Å². The van der Waals surface area contributed by atoms with Crippen LogP contribution in [0.4, 0.5) is 11.4 Å². The number of hydrogen-bond acceptors (Lipinski definition) is 6. The Hall–Kier alpha value is -2.94. The van der Waals surface area contributed by atoms with Crippen LogP contribution in [0.5, 0.6) is 5.75 Å². The lowest BCUT2D eigenvalue weighted by atomic mass is 10.3. The first kappa shape index (κ1) is 17.4. The third kappa shape index (κ3) is 3.51. The van der Waals surface area contributed by atoms with Gasteiger partial charge in [0.15, 0.2) is 0 Å². The van der Waals surface area contributed by atoms with Gasteiger partial charge in [-0.25, -0.2) is 8.42 Å². The molecule has 0 unspecified atom stereocenters. The van der Waals surface area contributed by atoms with Gasteiger partial charge in [-0.15, -0.1) is 0 Å². The summed E-state index contributed by atoms with van der Waals surface area (Å²) < 4.78 is 30.7. The molecular weight excluding hydrogens is 336 g/mol. The molecule has 0 aliphatic rings. The van der Waals surface area contributed by atoms with E-state index in [1.165, 1.54) is 50.4 Å². The quantitative estimate of drug-likeness (QED) is 0.654. The Morgan fingerprint density at radius 1 is 1.21 bits per heavy atom. The number of nitrogens with zero attached hydrogens (tertiary/aromatic N) is 1. The van der Waals surface area contributed by atoms with Crippen molar-refractivity contribution in [3.63, 3.8) is 0 Å². The number of nitro benzene ring substituents is 1. The lowest BCUT2D eigenvalue weighted by Crippen LogP contribution is -2.09. The van der Waals surface area contributed by atoms with Crippen molar-refractivity contribution in [3.8, 4) is 5.75 Å². The Labute approximate surface area is 138 Å². The molecule has 0 aliphatic heterocycles. The van der Waals surface area contributed by atoms with Gasteiger partial charge in [0.25, 0.3) is 5.69 Å². The first-order valence-electron chi connectivity index (χ1n) is 6.71. The summed E-state index contributed by atoms with van der Waals surface area (Å²) in [5, 5.41) is 13.3. The first-order valence-corrected chi connectivity index (χ1v) is 8.19. The van der Waals surface area contributed by atoms with Gasteiger partial charge in [0.1, 0.15) is 10.6 Å². The lowest BCUT2D eigenvalue weighted by molar-refractivity contribution is -0.385. The van der Waals surface area contributed by atoms with E-state index in [0.717, 1.165) is 6.07 Å². The molecule has 9 heteroatoms. The Bertz CT molecular complexity index is 908. The van der Waals surface area contributed by atoms with Crippen LogP contribution in [0.1, 0.15) is 6.92 Å². The number of nitro groups is 1. The molecule has 0 fully saturated rings. The maximum atomic E-state index is 12.8. The highest BCUT2D eigenvalue weighted by molar-refractivity contribution is 7.91. The van der Waals surface area contributed by atoms with Crippen LogP contribution >= 0.6 is 0 Å². The molecule has 24 heavy (non-hydrogen) atoms. The van der Waals surface area contributed by atoms with Crippen LogP contribution < -0.4 is 10.1 Å². The number of non-ortho nitro benzene ring substituents is 1. The molecule has 0 aliphatic carbocycles. The molecule has 8 nitrogen and oxygen atoms in total. The molecule has 1 amide bonds. The van der Waals surface area contributed by atoms with E-state index in [9.17, 15) is 23.3 Å². The predicted octanol–water partition coefficient (Wildman–Crippen LogP) is 2.39. The zero-order chi connectivity index (χ0) is 17.9. The summed E-state index contributed by atoms with van der Waals surface area (Å²) in [7, 11) is -2.77. The van der Waals surface area contributed by atoms with Gasteiger partial charge in [-0.1, -0.05) is 6.07 Å². The predicted molar refractivity (Wildman–Crippen MR) is 85.8 cm³/mol. The minimum Gasteiger partial charge on any atom is -0.495 e. The van der Waals surface area contributed by atoms with Crippen molar-refractivity contribution in [2.45, 2.75) is 16.7 Å². The van der Waals surface area contributed by atoms with Gasteiger partial charge >= 0.3 is 0 Å². The van der Waals surface area contributed by atoms with Crippen molar-refractivity contribution >= 4 is 27.1 Å². The summed E-state index contributed by atoms with van der Waals surface area (Å²) in [6, 6.07) is 8.85. The van der Waals surface area contributed by atoms with Gasteiger partial charge in [-0.2, -0.15) is 0 Å². The number of methoxy groups -OCH3 is 1. The highest BCUT2D eigenvalue weighted by Gasteiger charge is 2.24. The molecule has 1 N–H and O–H groups in total. The van der Waals surface area contributed by atoms with E-state index < -0.39 is 14.8 Å². The smallest absolute Gasteiger partial charge is 0.270 e. The molecule has 126 valence electrons. The van der Waals surface area contributed by atoms with Crippen LogP contribution in [0.25, 0.3) is 0 Å². The maximum absolute atomic E-state index is 12.8. The number of rotatable bonds is 5. The van der Waals surface area contributed by atoms with Crippen molar-refractivity contribution in [2.75, 3.05) is 12.4 Å². The number of anilines is 1. The monoisotopic (exact) mass is 350 g/mol. The normalized spacial score (nSPS) is 10.9. The summed E-state index contributed by atoms with van der Waals surface area (Å²) in [5.74, 6) is -0.297. The standard InChI is InChI=1S/C15H14N2O6S/c1-10(18)16-11-6-7-14(23-2)15(8-11)24(21,22)13-5-3-4-12(9-13)17(19)20/h3-9H,1-2H3,(H,16,18). The van der Waals surface area contributed by atoms with E-state index in [1.807, 2.05) is 0 Å². The van der Waals surface area contributed by atoms with Crippen molar-refractivity contribution in [3.05, 3.63) is 52.6 Å². The molecular formula is C15H14N2O6S. The fourth-order valence-electron chi connectivity index (χ4n) is 2.06. The van der Waals surface area contributed by atoms with E-state index in [4.69, 9.17) is 4.74 Å². The van der Waals surface area contributed by atoms with Gasteiger partial charge in [0, 0.05) is 24.7 Å². The SMILES string of the molecule is COc1ccc(NC(C)=O)cc1S(=O)(=O)c1cccc([N+](=O)[O-])c1. The van der Waals surface area contributed by atoms with Crippen LogP contribution in [0.3, 0.4) is 0 Å². The minimum absolute atomic E-state index is 0.0654. The second-order valence-electron chi connectivity index (χ2n) is 4.80. The molecule has 2 rings (SSSR count). The van der Waals surface area contributed by atoms with Crippen molar-refractivity contribution < 1.29 is 22.9 Å². The fraction of sp³-hybridized carbons (Fsp3) is 0.133.